The zero-order valence-corrected chi connectivity index (χ0v) is 13.7. The monoisotopic (exact) mass is 306 g/mol. The van der Waals surface area contributed by atoms with Crippen LogP contribution in [-0.2, 0) is 16.1 Å². The van der Waals surface area contributed by atoms with Crippen molar-refractivity contribution in [1.82, 2.24) is 4.90 Å². The Morgan fingerprint density at radius 2 is 2.23 bits per heavy atom. The third-order valence-corrected chi connectivity index (χ3v) is 3.79. The highest BCUT2D eigenvalue weighted by atomic mass is 16.5. The molecule has 1 aliphatic heterocycles. The Kier molecular flexibility index (Phi) is 6.21. The van der Waals surface area contributed by atoms with Crippen LogP contribution in [0.15, 0.2) is 24.3 Å². The van der Waals surface area contributed by atoms with Crippen LogP contribution >= 0.6 is 0 Å². The Bertz CT molecular complexity index is 491. The number of ether oxygens (including phenoxy) is 2. The van der Waals surface area contributed by atoms with Crippen LogP contribution in [-0.4, -0.2) is 43.8 Å². The lowest BCUT2D eigenvalue weighted by Crippen LogP contribution is -2.50. The predicted molar refractivity (Wildman–Crippen MR) is 86.9 cm³/mol. The number of anilines is 1. The molecule has 0 unspecified atom stereocenters. The number of rotatable bonds is 5. The van der Waals surface area contributed by atoms with Crippen molar-refractivity contribution in [2.45, 2.75) is 32.9 Å². The summed E-state index contributed by atoms with van der Waals surface area (Å²) in [5.74, 6) is 0.530. The van der Waals surface area contributed by atoms with Crippen molar-refractivity contribution < 1.29 is 14.3 Å². The fourth-order valence-electron chi connectivity index (χ4n) is 2.77. The summed E-state index contributed by atoms with van der Waals surface area (Å²) in [6.45, 7) is 6.66. The van der Waals surface area contributed by atoms with E-state index >= 15 is 0 Å². The minimum absolute atomic E-state index is 0.0579. The molecule has 1 aromatic carbocycles. The number of nitrogens with zero attached hydrogens (tertiary/aromatic N) is 1. The van der Waals surface area contributed by atoms with E-state index < -0.39 is 0 Å². The highest BCUT2D eigenvalue weighted by Gasteiger charge is 2.28. The lowest BCUT2D eigenvalue weighted by molar-refractivity contribution is 0.00856. The molecule has 0 aromatic heterocycles. The van der Waals surface area contributed by atoms with Crippen molar-refractivity contribution in [3.8, 4) is 0 Å². The Balaban J connectivity index is 2.06. The molecule has 5 heteroatoms. The third-order valence-electron chi connectivity index (χ3n) is 3.79. The molecular formula is C17H26N2O3. The molecule has 1 atom stereocenters. The SMILES string of the molecule is COCc1ccccc1NC(=O)N1CCOC[C@H]1CC(C)C. The Morgan fingerprint density at radius 1 is 1.45 bits per heavy atom. The van der Waals surface area contributed by atoms with Crippen molar-refractivity contribution in [2.24, 2.45) is 5.92 Å². The third kappa shape index (κ3) is 4.45. The highest BCUT2D eigenvalue weighted by molar-refractivity contribution is 5.90. The number of morpholine rings is 1. The molecule has 1 N–H and O–H groups in total. The summed E-state index contributed by atoms with van der Waals surface area (Å²) >= 11 is 0. The first-order chi connectivity index (χ1) is 10.6. The van der Waals surface area contributed by atoms with E-state index in [2.05, 4.69) is 19.2 Å². The molecule has 22 heavy (non-hydrogen) atoms. The van der Waals surface area contributed by atoms with Gasteiger partial charge in [0.2, 0.25) is 0 Å². The van der Waals surface area contributed by atoms with Gasteiger partial charge in [0, 0.05) is 24.9 Å². The van der Waals surface area contributed by atoms with Crippen molar-refractivity contribution >= 4 is 11.7 Å². The predicted octanol–water partition coefficient (Wildman–Crippen LogP) is 3.11. The van der Waals surface area contributed by atoms with Gasteiger partial charge < -0.3 is 19.7 Å². The number of benzene rings is 1. The van der Waals surface area contributed by atoms with Gasteiger partial charge in [0.25, 0.3) is 0 Å². The number of methoxy groups -OCH3 is 1. The summed E-state index contributed by atoms with van der Waals surface area (Å²) in [5, 5.41) is 3.02. The minimum Gasteiger partial charge on any atom is -0.380 e. The second-order valence-corrected chi connectivity index (χ2v) is 6.07. The second-order valence-electron chi connectivity index (χ2n) is 6.07. The van der Waals surface area contributed by atoms with Gasteiger partial charge in [-0.2, -0.15) is 0 Å². The van der Waals surface area contributed by atoms with Gasteiger partial charge in [-0.05, 0) is 18.4 Å². The maximum atomic E-state index is 12.6. The van der Waals surface area contributed by atoms with E-state index in [1.165, 1.54) is 0 Å². The molecule has 1 heterocycles. The first-order valence-corrected chi connectivity index (χ1v) is 7.84. The van der Waals surface area contributed by atoms with Crippen LogP contribution in [0.2, 0.25) is 0 Å². The smallest absolute Gasteiger partial charge is 0.322 e. The zero-order chi connectivity index (χ0) is 15.9. The van der Waals surface area contributed by atoms with Crippen LogP contribution in [0, 0.1) is 5.92 Å². The number of urea groups is 1. The van der Waals surface area contributed by atoms with E-state index in [0.717, 1.165) is 17.7 Å². The first-order valence-electron chi connectivity index (χ1n) is 7.84. The number of carbonyl (C=O) groups is 1. The standard InChI is InChI=1S/C17H26N2O3/c1-13(2)10-15-12-22-9-8-19(15)17(20)18-16-7-5-4-6-14(16)11-21-3/h4-7,13,15H,8-12H2,1-3H3,(H,18,20)/t15-/m1/s1. The Morgan fingerprint density at radius 3 is 2.95 bits per heavy atom. The van der Waals surface area contributed by atoms with Crippen molar-refractivity contribution in [1.29, 1.82) is 0 Å². The molecular weight excluding hydrogens is 280 g/mol. The fraction of sp³-hybridized carbons (Fsp3) is 0.588. The van der Waals surface area contributed by atoms with Crippen LogP contribution in [0.1, 0.15) is 25.8 Å². The van der Waals surface area contributed by atoms with Crippen LogP contribution in [0.25, 0.3) is 0 Å². The first kappa shape index (κ1) is 16.8. The van der Waals surface area contributed by atoms with E-state index in [1.807, 2.05) is 29.2 Å². The van der Waals surface area contributed by atoms with E-state index in [0.29, 0.717) is 32.3 Å². The molecule has 2 rings (SSSR count). The van der Waals surface area contributed by atoms with Crippen LogP contribution in [0.4, 0.5) is 10.5 Å². The summed E-state index contributed by atoms with van der Waals surface area (Å²) in [6, 6.07) is 7.81. The largest absolute Gasteiger partial charge is 0.380 e. The fourth-order valence-corrected chi connectivity index (χ4v) is 2.77. The highest BCUT2D eigenvalue weighted by Crippen LogP contribution is 2.20. The number of hydrogen-bond acceptors (Lipinski definition) is 3. The van der Waals surface area contributed by atoms with Gasteiger partial charge in [0.15, 0.2) is 0 Å². The van der Waals surface area contributed by atoms with Crippen LogP contribution in [0.3, 0.4) is 0 Å². The molecule has 1 aliphatic rings. The number of hydrogen-bond donors (Lipinski definition) is 1. The maximum absolute atomic E-state index is 12.6. The van der Waals surface area contributed by atoms with Crippen molar-refractivity contribution in [3.63, 3.8) is 0 Å². The number of amides is 2. The molecule has 0 radical (unpaired) electrons. The molecule has 0 aliphatic carbocycles. The van der Waals surface area contributed by atoms with E-state index in [4.69, 9.17) is 9.47 Å². The Labute approximate surface area is 132 Å². The number of para-hydroxylation sites is 1. The number of nitrogens with one attached hydrogen (secondary N) is 1. The van der Waals surface area contributed by atoms with Crippen molar-refractivity contribution in [3.05, 3.63) is 29.8 Å². The van der Waals surface area contributed by atoms with E-state index in [1.54, 1.807) is 7.11 Å². The Hall–Kier alpha value is -1.59. The van der Waals surface area contributed by atoms with E-state index in [9.17, 15) is 4.79 Å². The molecule has 1 saturated heterocycles. The summed E-state index contributed by atoms with van der Waals surface area (Å²) in [6.07, 6.45) is 0.952. The van der Waals surface area contributed by atoms with Gasteiger partial charge >= 0.3 is 6.03 Å². The second kappa shape index (κ2) is 8.15. The summed E-state index contributed by atoms with van der Waals surface area (Å²) in [5.41, 5.74) is 1.79. The molecule has 0 saturated carbocycles. The van der Waals surface area contributed by atoms with E-state index in [-0.39, 0.29) is 12.1 Å². The molecule has 0 spiro atoms. The van der Waals surface area contributed by atoms with Crippen LogP contribution < -0.4 is 5.32 Å². The molecule has 0 bridgehead atoms. The molecule has 1 fully saturated rings. The average molecular weight is 306 g/mol. The van der Waals surface area contributed by atoms with Crippen LogP contribution in [0.5, 0.6) is 0 Å². The quantitative estimate of drug-likeness (QED) is 0.909. The van der Waals surface area contributed by atoms with Gasteiger partial charge in [0.05, 0.1) is 25.9 Å². The zero-order valence-electron chi connectivity index (χ0n) is 13.7. The van der Waals surface area contributed by atoms with Gasteiger partial charge in [-0.1, -0.05) is 32.0 Å². The summed E-state index contributed by atoms with van der Waals surface area (Å²) < 4.78 is 10.7. The average Bonchev–Trinajstić information content (AvgIpc) is 2.49. The summed E-state index contributed by atoms with van der Waals surface area (Å²) in [4.78, 5) is 14.5. The molecule has 2 amide bonds. The number of carbonyl (C=O) groups excluding carboxylic acids is 1. The molecule has 1 aromatic rings. The van der Waals surface area contributed by atoms with Gasteiger partial charge in [-0.3, -0.25) is 0 Å². The molecule has 5 nitrogen and oxygen atoms in total. The molecule has 122 valence electrons. The lowest BCUT2D eigenvalue weighted by Gasteiger charge is -2.36. The lowest BCUT2D eigenvalue weighted by atomic mass is 10.0. The van der Waals surface area contributed by atoms with Crippen molar-refractivity contribution in [2.75, 3.05) is 32.2 Å². The topological polar surface area (TPSA) is 50.8 Å². The van der Waals surface area contributed by atoms with Gasteiger partial charge in [-0.25, -0.2) is 4.79 Å². The minimum atomic E-state index is -0.0579. The van der Waals surface area contributed by atoms with Gasteiger partial charge in [0.1, 0.15) is 0 Å². The maximum Gasteiger partial charge on any atom is 0.322 e. The summed E-state index contributed by atoms with van der Waals surface area (Å²) in [7, 11) is 1.65. The van der Waals surface area contributed by atoms with Gasteiger partial charge in [-0.15, -0.1) is 0 Å². The normalized spacial score (nSPS) is 18.5.